The van der Waals surface area contributed by atoms with Gasteiger partial charge in [-0.15, -0.1) is 0 Å². The van der Waals surface area contributed by atoms with Gasteiger partial charge in [0.2, 0.25) is 5.91 Å². The number of rotatable bonds is 4. The first-order chi connectivity index (χ1) is 11.4. The summed E-state index contributed by atoms with van der Waals surface area (Å²) in [6.45, 7) is 6.15. The van der Waals surface area contributed by atoms with Crippen LogP contribution in [0.5, 0.6) is 0 Å². The standard InChI is InChI=1S/C17H26N4O3/c1-11-13(12(2)20-19-11)3-4-15(22)21-7-5-17(6-8-21)9-14(16(23)24)18-10-17/h14,18H,3-10H2,1-2H3,(H,19,20)(H,23,24)/t14-/m1/s1. The highest BCUT2D eigenvalue weighted by molar-refractivity contribution is 5.77. The quantitative estimate of drug-likeness (QED) is 0.763. The molecule has 0 saturated carbocycles. The highest BCUT2D eigenvalue weighted by atomic mass is 16.4. The lowest BCUT2D eigenvalue weighted by atomic mass is 9.76. The van der Waals surface area contributed by atoms with Crippen molar-refractivity contribution in [3.05, 3.63) is 17.0 Å². The summed E-state index contributed by atoms with van der Waals surface area (Å²) in [6.07, 6.45) is 3.68. The van der Waals surface area contributed by atoms with Gasteiger partial charge >= 0.3 is 5.97 Å². The van der Waals surface area contributed by atoms with E-state index >= 15 is 0 Å². The van der Waals surface area contributed by atoms with Crippen molar-refractivity contribution >= 4 is 11.9 Å². The number of aromatic amines is 1. The number of nitrogens with zero attached hydrogens (tertiary/aromatic N) is 2. The van der Waals surface area contributed by atoms with Gasteiger partial charge in [-0.05, 0) is 50.5 Å². The van der Waals surface area contributed by atoms with Crippen LogP contribution < -0.4 is 5.32 Å². The van der Waals surface area contributed by atoms with Crippen molar-refractivity contribution in [1.82, 2.24) is 20.4 Å². The Labute approximate surface area is 141 Å². The molecule has 1 amide bonds. The Morgan fingerprint density at radius 3 is 2.58 bits per heavy atom. The first-order valence-corrected chi connectivity index (χ1v) is 8.65. The zero-order chi connectivity index (χ0) is 17.3. The summed E-state index contributed by atoms with van der Waals surface area (Å²) in [7, 11) is 0. The average Bonchev–Trinajstić information content (AvgIpc) is 3.11. The van der Waals surface area contributed by atoms with Crippen LogP contribution >= 0.6 is 0 Å². The number of hydrogen-bond acceptors (Lipinski definition) is 4. The molecule has 132 valence electrons. The first-order valence-electron chi connectivity index (χ1n) is 8.65. The highest BCUT2D eigenvalue weighted by Gasteiger charge is 2.44. The second-order valence-electron chi connectivity index (χ2n) is 7.27. The molecule has 2 saturated heterocycles. The molecule has 3 rings (SSSR count). The molecule has 1 aromatic rings. The fraction of sp³-hybridized carbons (Fsp3) is 0.706. The largest absolute Gasteiger partial charge is 0.480 e. The minimum atomic E-state index is -0.767. The molecule has 2 fully saturated rings. The molecule has 24 heavy (non-hydrogen) atoms. The smallest absolute Gasteiger partial charge is 0.320 e. The van der Waals surface area contributed by atoms with Crippen molar-refractivity contribution < 1.29 is 14.7 Å². The number of likely N-dealkylation sites (tertiary alicyclic amines) is 1. The fourth-order valence-corrected chi connectivity index (χ4v) is 4.04. The Kier molecular flexibility index (Phi) is 4.62. The number of carbonyl (C=O) groups excluding carboxylic acids is 1. The van der Waals surface area contributed by atoms with E-state index in [1.807, 2.05) is 18.7 Å². The summed E-state index contributed by atoms with van der Waals surface area (Å²) < 4.78 is 0. The zero-order valence-electron chi connectivity index (χ0n) is 14.4. The third kappa shape index (κ3) is 3.31. The molecular weight excluding hydrogens is 308 g/mol. The topological polar surface area (TPSA) is 98.3 Å². The molecule has 1 atom stereocenters. The summed E-state index contributed by atoms with van der Waals surface area (Å²) in [5.41, 5.74) is 3.20. The van der Waals surface area contributed by atoms with Gasteiger partial charge in [0.25, 0.3) is 0 Å². The maximum Gasteiger partial charge on any atom is 0.320 e. The predicted molar refractivity (Wildman–Crippen MR) is 88.7 cm³/mol. The number of piperidine rings is 1. The van der Waals surface area contributed by atoms with Crippen LogP contribution in [0.1, 0.15) is 42.6 Å². The number of amides is 1. The molecule has 2 aliphatic heterocycles. The van der Waals surface area contributed by atoms with Gasteiger partial charge in [0.05, 0.1) is 5.69 Å². The molecule has 3 heterocycles. The Bertz CT molecular complexity index is 612. The molecule has 0 aromatic carbocycles. The molecule has 1 spiro atoms. The van der Waals surface area contributed by atoms with Gasteiger partial charge in [-0.2, -0.15) is 5.10 Å². The Morgan fingerprint density at radius 1 is 1.33 bits per heavy atom. The molecule has 1 aromatic heterocycles. The zero-order valence-corrected chi connectivity index (χ0v) is 14.4. The summed E-state index contributed by atoms with van der Waals surface area (Å²) in [5.74, 6) is -0.582. The third-order valence-electron chi connectivity index (χ3n) is 5.71. The third-order valence-corrected chi connectivity index (χ3v) is 5.71. The summed E-state index contributed by atoms with van der Waals surface area (Å²) in [6, 6.07) is -0.431. The van der Waals surface area contributed by atoms with Gasteiger partial charge < -0.3 is 15.3 Å². The van der Waals surface area contributed by atoms with E-state index in [2.05, 4.69) is 15.5 Å². The molecule has 7 heteroatoms. The van der Waals surface area contributed by atoms with Gasteiger partial charge in [-0.3, -0.25) is 14.7 Å². The molecule has 7 nitrogen and oxygen atoms in total. The van der Waals surface area contributed by atoms with Crippen LogP contribution in [-0.4, -0.2) is 57.8 Å². The number of hydrogen-bond donors (Lipinski definition) is 3. The van der Waals surface area contributed by atoms with Gasteiger partial charge in [-0.1, -0.05) is 0 Å². The maximum absolute atomic E-state index is 12.5. The van der Waals surface area contributed by atoms with Crippen molar-refractivity contribution in [3.63, 3.8) is 0 Å². The number of nitrogens with one attached hydrogen (secondary N) is 2. The van der Waals surface area contributed by atoms with E-state index in [1.165, 1.54) is 0 Å². The SMILES string of the molecule is Cc1n[nH]c(C)c1CCC(=O)N1CCC2(CC1)CN[C@@H](C(=O)O)C2. The number of aromatic nitrogens is 2. The predicted octanol–water partition coefficient (Wildman–Crippen LogP) is 1.01. The molecule has 0 aliphatic carbocycles. The van der Waals surface area contributed by atoms with E-state index in [0.29, 0.717) is 12.8 Å². The van der Waals surface area contributed by atoms with Gasteiger partial charge in [0.15, 0.2) is 0 Å². The van der Waals surface area contributed by atoms with E-state index in [1.54, 1.807) is 0 Å². The van der Waals surface area contributed by atoms with Crippen LogP contribution in [0, 0.1) is 19.3 Å². The van der Waals surface area contributed by atoms with Gasteiger partial charge in [0.1, 0.15) is 6.04 Å². The molecule has 2 aliphatic rings. The van der Waals surface area contributed by atoms with Crippen molar-refractivity contribution in [2.24, 2.45) is 5.41 Å². The maximum atomic E-state index is 12.5. The lowest BCUT2D eigenvalue weighted by molar-refractivity contribution is -0.139. The van der Waals surface area contributed by atoms with Crippen LogP contribution in [0.4, 0.5) is 0 Å². The van der Waals surface area contributed by atoms with Crippen LogP contribution in [0.15, 0.2) is 0 Å². The molecule has 3 N–H and O–H groups in total. The van der Waals surface area contributed by atoms with E-state index in [9.17, 15) is 9.59 Å². The minimum absolute atomic E-state index is 0.0531. The molecule has 0 unspecified atom stereocenters. The van der Waals surface area contributed by atoms with Crippen molar-refractivity contribution in [3.8, 4) is 0 Å². The Balaban J connectivity index is 1.50. The normalized spacial score (nSPS) is 22.9. The number of H-pyrrole nitrogens is 1. The number of aryl methyl sites for hydroxylation is 2. The lowest BCUT2D eigenvalue weighted by Crippen LogP contribution is -2.44. The number of carboxylic acid groups (broad SMARTS) is 1. The molecule has 0 bridgehead atoms. The van der Waals surface area contributed by atoms with Crippen molar-refractivity contribution in [2.45, 2.75) is 52.0 Å². The van der Waals surface area contributed by atoms with E-state index < -0.39 is 12.0 Å². The minimum Gasteiger partial charge on any atom is -0.480 e. The Hall–Kier alpha value is -1.89. The summed E-state index contributed by atoms with van der Waals surface area (Å²) in [4.78, 5) is 25.5. The fourth-order valence-electron chi connectivity index (χ4n) is 4.04. The second kappa shape index (κ2) is 6.55. The van der Waals surface area contributed by atoms with Crippen molar-refractivity contribution in [1.29, 1.82) is 0 Å². The second-order valence-corrected chi connectivity index (χ2v) is 7.27. The van der Waals surface area contributed by atoms with E-state index in [4.69, 9.17) is 5.11 Å². The van der Waals surface area contributed by atoms with Crippen LogP contribution in [0.3, 0.4) is 0 Å². The lowest BCUT2D eigenvalue weighted by Gasteiger charge is -2.39. The Morgan fingerprint density at radius 2 is 2.04 bits per heavy atom. The highest BCUT2D eigenvalue weighted by Crippen LogP contribution is 2.39. The first kappa shape index (κ1) is 17.0. The van der Waals surface area contributed by atoms with Crippen LogP contribution in [0.2, 0.25) is 0 Å². The monoisotopic (exact) mass is 334 g/mol. The molecular formula is C17H26N4O3. The molecule has 0 radical (unpaired) electrons. The number of aliphatic carboxylic acids is 1. The van der Waals surface area contributed by atoms with Crippen LogP contribution in [0.25, 0.3) is 0 Å². The summed E-state index contributed by atoms with van der Waals surface area (Å²) >= 11 is 0. The number of carboxylic acids is 1. The van der Waals surface area contributed by atoms with E-state index in [0.717, 1.165) is 55.8 Å². The number of carbonyl (C=O) groups is 2. The summed E-state index contributed by atoms with van der Waals surface area (Å²) in [5, 5.41) is 19.4. The van der Waals surface area contributed by atoms with Crippen molar-refractivity contribution in [2.75, 3.05) is 19.6 Å². The van der Waals surface area contributed by atoms with E-state index in [-0.39, 0.29) is 11.3 Å². The van der Waals surface area contributed by atoms with Crippen LogP contribution in [-0.2, 0) is 16.0 Å². The average molecular weight is 334 g/mol. The van der Waals surface area contributed by atoms with Gasteiger partial charge in [-0.25, -0.2) is 0 Å². The van der Waals surface area contributed by atoms with Gasteiger partial charge in [0, 0.05) is 31.7 Å².